The van der Waals surface area contributed by atoms with E-state index in [1.54, 1.807) is 22.8 Å². The average Bonchev–Trinajstić information content (AvgIpc) is 3.09. The number of benzene rings is 1. The molecule has 1 aromatic heterocycles. The Hall–Kier alpha value is -2.84. The number of aryl methyl sites for hydroxylation is 1. The summed E-state index contributed by atoms with van der Waals surface area (Å²) in [5.74, 6) is 0.0971. The summed E-state index contributed by atoms with van der Waals surface area (Å²) < 4.78 is 28.5. The van der Waals surface area contributed by atoms with E-state index in [0.717, 1.165) is 28.3 Å². The number of rotatable bonds is 6. The molecule has 0 saturated heterocycles. The number of aromatic nitrogens is 1. The van der Waals surface area contributed by atoms with Gasteiger partial charge >= 0.3 is 0 Å². The van der Waals surface area contributed by atoms with Crippen LogP contribution in [0.2, 0.25) is 0 Å². The monoisotopic (exact) mass is 425 g/mol. The first-order valence-corrected chi connectivity index (χ1v) is 11.4. The van der Waals surface area contributed by atoms with Gasteiger partial charge in [0.25, 0.3) is 10.0 Å². The molecule has 2 aliphatic heterocycles. The van der Waals surface area contributed by atoms with Gasteiger partial charge in [-0.2, -0.15) is 0 Å². The smallest absolute Gasteiger partial charge is 0.265 e. The van der Waals surface area contributed by atoms with E-state index >= 15 is 0 Å². The minimum Gasteiger partial charge on any atom is -0.376 e. The third-order valence-electron chi connectivity index (χ3n) is 5.47. The third-order valence-corrected chi connectivity index (χ3v) is 7.24. The Morgan fingerprint density at radius 2 is 2.10 bits per heavy atom. The zero-order chi connectivity index (χ0) is 21.3. The largest absolute Gasteiger partial charge is 0.376 e. The molecule has 1 aromatic carbocycles. The number of likely N-dealkylation sites (N-methyl/N-ethyl adjacent to an activating group) is 2. The Bertz CT molecular complexity index is 1110. The molecule has 0 saturated carbocycles. The number of sulfonamides is 1. The summed E-state index contributed by atoms with van der Waals surface area (Å²) in [6.07, 6.45) is 7.02. The van der Waals surface area contributed by atoms with Crippen LogP contribution in [0.15, 0.2) is 59.8 Å². The van der Waals surface area contributed by atoms with Crippen LogP contribution in [0.5, 0.6) is 0 Å². The van der Waals surface area contributed by atoms with Crippen molar-refractivity contribution in [3.05, 3.63) is 71.0 Å². The molecule has 2 aliphatic rings. The fourth-order valence-corrected chi connectivity index (χ4v) is 5.56. The fourth-order valence-electron chi connectivity index (χ4n) is 3.93. The van der Waals surface area contributed by atoms with Crippen molar-refractivity contribution in [2.45, 2.75) is 12.8 Å². The minimum atomic E-state index is -3.66. The second-order valence-electron chi connectivity index (χ2n) is 7.70. The molecule has 0 bridgehead atoms. The van der Waals surface area contributed by atoms with Gasteiger partial charge in [-0.05, 0) is 49.9 Å². The molecule has 0 amide bonds. The zero-order valence-corrected chi connectivity index (χ0v) is 18.3. The number of fused-ring (bicyclic) bond motifs is 1. The van der Waals surface area contributed by atoms with Crippen LogP contribution in [0.3, 0.4) is 0 Å². The molecule has 2 aromatic rings. The summed E-state index contributed by atoms with van der Waals surface area (Å²) in [5, 5.41) is 6.56. The predicted octanol–water partition coefficient (Wildman–Crippen LogP) is 2.93. The maximum atomic E-state index is 13.5. The Labute approximate surface area is 178 Å². The molecule has 30 heavy (non-hydrogen) atoms. The van der Waals surface area contributed by atoms with Crippen molar-refractivity contribution in [1.29, 1.82) is 0 Å². The van der Waals surface area contributed by atoms with Gasteiger partial charge in [0.15, 0.2) is 0 Å². The Morgan fingerprint density at radius 3 is 2.83 bits per heavy atom. The quantitative estimate of drug-likeness (QED) is 0.741. The third kappa shape index (κ3) is 3.80. The summed E-state index contributed by atoms with van der Waals surface area (Å²) in [5.41, 5.74) is 4.38. The van der Waals surface area contributed by atoms with E-state index in [0.29, 0.717) is 24.5 Å². The van der Waals surface area contributed by atoms with Gasteiger partial charge in [0.05, 0.1) is 17.1 Å². The van der Waals surface area contributed by atoms with Crippen LogP contribution in [0.1, 0.15) is 17.2 Å². The van der Waals surface area contributed by atoms with Gasteiger partial charge < -0.3 is 15.5 Å². The Balaban J connectivity index is 1.73. The van der Waals surface area contributed by atoms with Gasteiger partial charge in [0.1, 0.15) is 4.91 Å². The molecule has 0 aliphatic carbocycles. The van der Waals surface area contributed by atoms with E-state index in [1.807, 2.05) is 62.3 Å². The summed E-state index contributed by atoms with van der Waals surface area (Å²) in [7, 11) is 0.103. The van der Waals surface area contributed by atoms with Crippen LogP contribution < -0.4 is 14.9 Å². The maximum Gasteiger partial charge on any atom is 0.265 e. The summed E-state index contributed by atoms with van der Waals surface area (Å²) >= 11 is 0. The standard InChI is InChI=1S/C22H27N5O2S/c1-16-21(7-4-10-24-16)25-18-8-9-20-17(13-23-2)14-27(22(20)12-18)30(28,29)19-6-5-11-26(3)15-19/h4-10,12,15,17,23,25H,11,13-14H2,1-3H3. The fraction of sp³-hybridized carbons (Fsp3) is 0.318. The molecule has 158 valence electrons. The van der Waals surface area contributed by atoms with Crippen molar-refractivity contribution in [2.75, 3.05) is 43.4 Å². The van der Waals surface area contributed by atoms with Crippen LogP contribution in [0.25, 0.3) is 0 Å². The van der Waals surface area contributed by atoms with E-state index in [2.05, 4.69) is 15.6 Å². The number of nitrogens with zero attached hydrogens (tertiary/aromatic N) is 3. The molecule has 1 atom stereocenters. The number of nitrogens with one attached hydrogen (secondary N) is 2. The van der Waals surface area contributed by atoms with Crippen LogP contribution >= 0.6 is 0 Å². The van der Waals surface area contributed by atoms with E-state index in [9.17, 15) is 8.42 Å². The molecule has 0 fully saturated rings. The van der Waals surface area contributed by atoms with Crippen LogP contribution in [-0.4, -0.2) is 52.0 Å². The van der Waals surface area contributed by atoms with Crippen molar-refractivity contribution in [2.24, 2.45) is 0 Å². The Kier molecular flexibility index (Phi) is 5.53. The van der Waals surface area contributed by atoms with Crippen molar-refractivity contribution in [1.82, 2.24) is 15.2 Å². The van der Waals surface area contributed by atoms with Gasteiger partial charge in [-0.25, -0.2) is 8.42 Å². The van der Waals surface area contributed by atoms with Gasteiger partial charge in [0.2, 0.25) is 0 Å². The maximum absolute atomic E-state index is 13.5. The molecule has 0 spiro atoms. The van der Waals surface area contributed by atoms with Crippen LogP contribution in [-0.2, 0) is 10.0 Å². The van der Waals surface area contributed by atoms with E-state index in [4.69, 9.17) is 0 Å². The van der Waals surface area contributed by atoms with E-state index in [-0.39, 0.29) is 5.92 Å². The van der Waals surface area contributed by atoms with Crippen molar-refractivity contribution in [3.8, 4) is 0 Å². The number of pyridine rings is 1. The second kappa shape index (κ2) is 8.12. The molecule has 2 N–H and O–H groups in total. The van der Waals surface area contributed by atoms with Gasteiger partial charge in [-0.3, -0.25) is 9.29 Å². The summed E-state index contributed by atoms with van der Waals surface area (Å²) in [4.78, 5) is 6.50. The van der Waals surface area contributed by atoms with Gasteiger partial charge in [0, 0.05) is 50.7 Å². The molecule has 1 unspecified atom stereocenters. The molecular formula is C22H27N5O2S. The molecule has 7 nitrogen and oxygen atoms in total. The first-order valence-electron chi connectivity index (χ1n) is 9.98. The summed E-state index contributed by atoms with van der Waals surface area (Å²) in [6.45, 7) is 3.77. The van der Waals surface area contributed by atoms with Crippen molar-refractivity contribution < 1.29 is 8.42 Å². The highest BCUT2D eigenvalue weighted by Crippen LogP contribution is 2.41. The predicted molar refractivity (Wildman–Crippen MR) is 121 cm³/mol. The first kappa shape index (κ1) is 20.4. The Morgan fingerprint density at radius 1 is 1.27 bits per heavy atom. The number of anilines is 3. The lowest BCUT2D eigenvalue weighted by molar-refractivity contribution is 0.501. The van der Waals surface area contributed by atoms with Gasteiger partial charge in [-0.1, -0.05) is 12.1 Å². The molecule has 3 heterocycles. The highest BCUT2D eigenvalue weighted by molar-refractivity contribution is 7.96. The lowest BCUT2D eigenvalue weighted by Gasteiger charge is -2.24. The topological polar surface area (TPSA) is 77.6 Å². The van der Waals surface area contributed by atoms with Crippen molar-refractivity contribution in [3.63, 3.8) is 0 Å². The zero-order valence-electron chi connectivity index (χ0n) is 17.5. The van der Waals surface area contributed by atoms with Crippen molar-refractivity contribution >= 4 is 27.1 Å². The minimum absolute atomic E-state index is 0.0971. The van der Waals surface area contributed by atoms with E-state index < -0.39 is 10.0 Å². The summed E-state index contributed by atoms with van der Waals surface area (Å²) in [6, 6.07) is 9.78. The molecule has 4 rings (SSSR count). The SMILES string of the molecule is CNCC1CN(S(=O)(=O)C2=CN(C)CC=C2)c2cc(Nc3cccnc3C)ccc21. The second-order valence-corrected chi connectivity index (χ2v) is 9.56. The normalized spacial score (nSPS) is 18.4. The first-order chi connectivity index (χ1) is 14.4. The number of allylic oxidation sites excluding steroid dienone is 1. The van der Waals surface area contributed by atoms with Gasteiger partial charge in [-0.15, -0.1) is 0 Å². The van der Waals surface area contributed by atoms with Crippen LogP contribution in [0, 0.1) is 6.92 Å². The highest BCUT2D eigenvalue weighted by Gasteiger charge is 2.37. The van der Waals surface area contributed by atoms with E-state index in [1.165, 1.54) is 0 Å². The van der Waals surface area contributed by atoms with Crippen LogP contribution in [0.4, 0.5) is 17.1 Å². The number of hydrogen-bond donors (Lipinski definition) is 2. The number of hydrogen-bond acceptors (Lipinski definition) is 6. The average molecular weight is 426 g/mol. The lowest BCUT2D eigenvalue weighted by Crippen LogP contribution is -2.33. The molecule has 0 radical (unpaired) electrons. The molecule has 8 heteroatoms. The highest BCUT2D eigenvalue weighted by atomic mass is 32.2. The lowest BCUT2D eigenvalue weighted by atomic mass is 10.0. The molecular weight excluding hydrogens is 398 g/mol.